The average Bonchev–Trinajstić information content (AvgIpc) is 3.39. The molecular weight excluding hydrogens is 370 g/mol. The minimum Gasteiger partial charge on any atom is -0.265 e. The Balaban J connectivity index is 1.59. The molecule has 4 aromatic rings. The molecule has 1 aliphatic rings. The van der Waals surface area contributed by atoms with Gasteiger partial charge in [-0.25, -0.2) is 4.68 Å². The van der Waals surface area contributed by atoms with Crippen molar-refractivity contribution in [2.45, 2.75) is 18.8 Å². The van der Waals surface area contributed by atoms with Gasteiger partial charge in [0.2, 0.25) is 4.77 Å². The van der Waals surface area contributed by atoms with Crippen LogP contribution in [0.4, 0.5) is 0 Å². The minimum absolute atomic E-state index is 0.441. The normalized spacial score (nSPS) is 14.0. The summed E-state index contributed by atoms with van der Waals surface area (Å²) in [6, 6.07) is 13.9. The van der Waals surface area contributed by atoms with Gasteiger partial charge in [-0.1, -0.05) is 18.2 Å². The molecule has 0 saturated heterocycles. The van der Waals surface area contributed by atoms with Crippen molar-refractivity contribution in [3.63, 3.8) is 0 Å². The Kier molecular flexibility index (Phi) is 4.17. The standard InChI is InChI=1S/C20H17N7S/c28-20-24-23-19(15-6-7-15)27(20)22-12-16-13-26(17-4-2-1-3-5-17)25-18(16)14-8-10-21-11-9-14/h1-5,8-13,15H,6-7H2,(H,24,28)/b22-12-. The van der Waals surface area contributed by atoms with E-state index in [1.54, 1.807) is 23.3 Å². The fourth-order valence-corrected chi connectivity index (χ4v) is 3.26. The SMILES string of the molecule is S=c1[nH]nc(C2CC2)n1/N=C\c1cn(-c2ccccc2)nc1-c1ccncc1. The highest BCUT2D eigenvalue weighted by molar-refractivity contribution is 7.71. The second-order valence-electron chi connectivity index (χ2n) is 6.67. The predicted molar refractivity (Wildman–Crippen MR) is 109 cm³/mol. The summed E-state index contributed by atoms with van der Waals surface area (Å²) >= 11 is 5.35. The van der Waals surface area contributed by atoms with Crippen molar-refractivity contribution in [2.75, 3.05) is 0 Å². The van der Waals surface area contributed by atoms with E-state index in [-0.39, 0.29) is 0 Å². The summed E-state index contributed by atoms with van der Waals surface area (Å²) in [5, 5.41) is 16.6. The molecule has 1 N–H and O–H groups in total. The van der Waals surface area contributed by atoms with E-state index < -0.39 is 0 Å². The lowest BCUT2D eigenvalue weighted by Gasteiger charge is -2.00. The number of benzene rings is 1. The van der Waals surface area contributed by atoms with Gasteiger partial charge >= 0.3 is 0 Å². The highest BCUT2D eigenvalue weighted by Gasteiger charge is 2.29. The predicted octanol–water partition coefficient (Wildman–Crippen LogP) is 3.95. The number of hydrogen-bond donors (Lipinski definition) is 1. The number of hydrogen-bond acceptors (Lipinski definition) is 5. The van der Waals surface area contributed by atoms with Crippen LogP contribution in [0.5, 0.6) is 0 Å². The number of nitrogens with zero attached hydrogens (tertiary/aromatic N) is 6. The van der Waals surface area contributed by atoms with Crippen LogP contribution < -0.4 is 0 Å². The van der Waals surface area contributed by atoms with Gasteiger partial charge in [0, 0.05) is 35.6 Å². The molecule has 3 heterocycles. The van der Waals surface area contributed by atoms with Crippen molar-refractivity contribution in [1.29, 1.82) is 0 Å². The molecule has 5 rings (SSSR count). The Bertz CT molecular complexity index is 1180. The lowest BCUT2D eigenvalue weighted by molar-refractivity contribution is 0.773. The van der Waals surface area contributed by atoms with Crippen LogP contribution in [0.3, 0.4) is 0 Å². The Morgan fingerprint density at radius 1 is 1.11 bits per heavy atom. The lowest BCUT2D eigenvalue weighted by atomic mass is 10.1. The monoisotopic (exact) mass is 387 g/mol. The maximum atomic E-state index is 5.35. The fourth-order valence-electron chi connectivity index (χ4n) is 3.07. The van der Waals surface area contributed by atoms with Gasteiger partial charge in [-0.05, 0) is 49.3 Å². The van der Waals surface area contributed by atoms with E-state index in [1.165, 1.54) is 0 Å². The molecule has 1 aromatic carbocycles. The number of rotatable bonds is 5. The third kappa shape index (κ3) is 3.18. The van der Waals surface area contributed by atoms with E-state index in [4.69, 9.17) is 17.3 Å². The van der Waals surface area contributed by atoms with E-state index in [0.717, 1.165) is 41.2 Å². The molecule has 0 amide bonds. The summed E-state index contributed by atoms with van der Waals surface area (Å²) in [6.45, 7) is 0. The highest BCUT2D eigenvalue weighted by atomic mass is 32.1. The summed E-state index contributed by atoms with van der Waals surface area (Å²) in [4.78, 5) is 4.10. The topological polar surface area (TPSA) is 76.7 Å². The molecule has 0 bridgehead atoms. The molecule has 8 heteroatoms. The molecule has 0 atom stereocenters. The minimum atomic E-state index is 0.441. The molecule has 0 unspecified atom stereocenters. The second-order valence-corrected chi connectivity index (χ2v) is 7.05. The van der Waals surface area contributed by atoms with E-state index >= 15 is 0 Å². The Morgan fingerprint density at radius 3 is 2.64 bits per heavy atom. The molecule has 138 valence electrons. The van der Waals surface area contributed by atoms with Crippen molar-refractivity contribution in [3.05, 3.63) is 77.2 Å². The van der Waals surface area contributed by atoms with E-state index in [9.17, 15) is 0 Å². The fraction of sp³-hybridized carbons (Fsp3) is 0.150. The first-order valence-electron chi connectivity index (χ1n) is 9.07. The van der Waals surface area contributed by atoms with Crippen LogP contribution in [-0.4, -0.2) is 35.9 Å². The van der Waals surface area contributed by atoms with Crippen LogP contribution in [0.15, 0.2) is 66.2 Å². The van der Waals surface area contributed by atoms with Crippen LogP contribution in [0, 0.1) is 4.77 Å². The van der Waals surface area contributed by atoms with E-state index in [1.807, 2.05) is 53.3 Å². The molecule has 3 aromatic heterocycles. The highest BCUT2D eigenvalue weighted by Crippen LogP contribution is 2.38. The van der Waals surface area contributed by atoms with Crippen LogP contribution >= 0.6 is 12.2 Å². The molecule has 1 fully saturated rings. The molecule has 1 aliphatic carbocycles. The van der Waals surface area contributed by atoms with Gasteiger partial charge in [0.05, 0.1) is 11.9 Å². The third-order valence-corrected chi connectivity index (χ3v) is 4.91. The number of nitrogens with one attached hydrogen (secondary N) is 1. The van der Waals surface area contributed by atoms with Crippen LogP contribution in [0.25, 0.3) is 16.9 Å². The van der Waals surface area contributed by atoms with Gasteiger partial charge in [-0.3, -0.25) is 10.1 Å². The van der Waals surface area contributed by atoms with Gasteiger partial charge in [-0.15, -0.1) is 0 Å². The van der Waals surface area contributed by atoms with Crippen molar-refractivity contribution in [1.82, 2.24) is 29.6 Å². The number of aromatic amines is 1. The largest absolute Gasteiger partial charge is 0.265 e. The van der Waals surface area contributed by atoms with Crippen molar-refractivity contribution in [2.24, 2.45) is 5.10 Å². The van der Waals surface area contributed by atoms with Gasteiger partial charge in [0.1, 0.15) is 5.69 Å². The molecule has 1 saturated carbocycles. The number of aromatic nitrogens is 6. The second kappa shape index (κ2) is 6.97. The molecule has 28 heavy (non-hydrogen) atoms. The summed E-state index contributed by atoms with van der Waals surface area (Å²) in [5.41, 5.74) is 3.68. The van der Waals surface area contributed by atoms with Crippen molar-refractivity contribution < 1.29 is 0 Å². The first-order valence-corrected chi connectivity index (χ1v) is 9.47. The van der Waals surface area contributed by atoms with Gasteiger partial charge < -0.3 is 0 Å². The first-order chi connectivity index (χ1) is 13.8. The maximum Gasteiger partial charge on any atom is 0.216 e. The first kappa shape index (κ1) is 16.8. The number of para-hydroxylation sites is 1. The van der Waals surface area contributed by atoms with E-state index in [2.05, 4.69) is 20.3 Å². The number of pyridine rings is 1. The average molecular weight is 387 g/mol. The zero-order valence-corrected chi connectivity index (χ0v) is 15.8. The third-order valence-electron chi connectivity index (χ3n) is 4.65. The Labute approximate surface area is 166 Å². The summed E-state index contributed by atoms with van der Waals surface area (Å²) in [7, 11) is 0. The van der Waals surface area contributed by atoms with Crippen molar-refractivity contribution >= 4 is 18.4 Å². The van der Waals surface area contributed by atoms with Crippen molar-refractivity contribution in [3.8, 4) is 16.9 Å². The molecule has 0 spiro atoms. The smallest absolute Gasteiger partial charge is 0.216 e. The Morgan fingerprint density at radius 2 is 1.89 bits per heavy atom. The van der Waals surface area contributed by atoms with Gasteiger partial charge in [-0.2, -0.15) is 20.0 Å². The zero-order chi connectivity index (χ0) is 18.9. The molecule has 7 nitrogen and oxygen atoms in total. The summed E-state index contributed by atoms with van der Waals surface area (Å²) in [5.74, 6) is 1.33. The van der Waals surface area contributed by atoms with Crippen LogP contribution in [0.1, 0.15) is 30.1 Å². The molecule has 0 radical (unpaired) electrons. The lowest BCUT2D eigenvalue weighted by Crippen LogP contribution is -1.97. The summed E-state index contributed by atoms with van der Waals surface area (Å²) in [6.07, 6.45) is 9.53. The quantitative estimate of drug-likeness (QED) is 0.416. The number of H-pyrrole nitrogens is 1. The van der Waals surface area contributed by atoms with Gasteiger partial charge in [0.25, 0.3) is 0 Å². The van der Waals surface area contributed by atoms with Gasteiger partial charge in [0.15, 0.2) is 5.82 Å². The zero-order valence-electron chi connectivity index (χ0n) is 14.9. The molecular formula is C20H17N7S. The van der Waals surface area contributed by atoms with Crippen LogP contribution in [0.2, 0.25) is 0 Å². The molecule has 0 aliphatic heterocycles. The van der Waals surface area contributed by atoms with E-state index in [0.29, 0.717) is 10.7 Å². The van der Waals surface area contributed by atoms with Crippen LogP contribution in [-0.2, 0) is 0 Å². The Hall–Kier alpha value is -3.39. The summed E-state index contributed by atoms with van der Waals surface area (Å²) < 4.78 is 4.07. The maximum absolute atomic E-state index is 5.35.